The average molecular weight is 679 g/mol. The molecular formula is C37H25ClF2N4O3S. The number of furan rings is 1. The molecule has 48 heavy (non-hydrogen) atoms. The van der Waals surface area contributed by atoms with Crippen molar-refractivity contribution < 1.29 is 22.7 Å². The van der Waals surface area contributed by atoms with Gasteiger partial charge in [0.05, 0.1) is 34.7 Å². The highest BCUT2D eigenvalue weighted by molar-refractivity contribution is 7.81. The van der Waals surface area contributed by atoms with Gasteiger partial charge in [0.25, 0.3) is 5.91 Å². The first kappa shape index (κ1) is 30.0. The van der Waals surface area contributed by atoms with Crippen LogP contribution in [0.1, 0.15) is 15.9 Å². The molecule has 0 unspecified atom stereocenters. The molecule has 3 aromatic heterocycles. The molecule has 7 nitrogen and oxygen atoms in total. The first-order valence-electron chi connectivity index (χ1n) is 15.0. The fourth-order valence-corrected chi connectivity index (χ4v) is 6.62. The quantitative estimate of drug-likeness (QED) is 0.172. The van der Waals surface area contributed by atoms with Crippen LogP contribution >= 0.6 is 24.4 Å². The molecule has 0 spiro atoms. The number of carbonyl (C=O) groups excluding carboxylic acids is 1. The number of benzene rings is 4. The summed E-state index contributed by atoms with van der Waals surface area (Å²) in [5.41, 5.74) is 6.08. The number of fused-ring (bicyclic) bond motifs is 6. The zero-order valence-corrected chi connectivity index (χ0v) is 26.9. The highest BCUT2D eigenvalue weighted by Crippen LogP contribution is 2.44. The molecule has 1 N–H and O–H groups in total. The van der Waals surface area contributed by atoms with Crippen LogP contribution in [0.2, 0.25) is 5.02 Å². The third-order valence-corrected chi connectivity index (χ3v) is 9.12. The van der Waals surface area contributed by atoms with Crippen LogP contribution < -0.4 is 14.4 Å². The molecule has 1 amide bonds. The second-order valence-electron chi connectivity index (χ2n) is 11.4. The fraction of sp³-hybridized carbons (Fsp3) is 0.0811. The van der Waals surface area contributed by atoms with Crippen molar-refractivity contribution in [1.29, 1.82) is 0 Å². The van der Waals surface area contributed by atoms with E-state index in [9.17, 15) is 13.6 Å². The lowest BCUT2D eigenvalue weighted by Gasteiger charge is -2.23. The highest BCUT2D eigenvalue weighted by atomic mass is 35.5. The van der Waals surface area contributed by atoms with Gasteiger partial charge in [-0.25, -0.2) is 13.8 Å². The van der Waals surface area contributed by atoms with Gasteiger partial charge in [-0.2, -0.15) is 0 Å². The van der Waals surface area contributed by atoms with Gasteiger partial charge in [-0.05, 0) is 78.4 Å². The van der Waals surface area contributed by atoms with Crippen molar-refractivity contribution >= 4 is 57.9 Å². The molecule has 4 heterocycles. The van der Waals surface area contributed by atoms with Crippen LogP contribution in [0.4, 0.5) is 14.5 Å². The van der Waals surface area contributed by atoms with Gasteiger partial charge in [-0.15, -0.1) is 0 Å². The van der Waals surface area contributed by atoms with Crippen LogP contribution in [0, 0.1) is 11.6 Å². The fourth-order valence-electron chi connectivity index (χ4n) is 6.17. The molecule has 238 valence electrons. The van der Waals surface area contributed by atoms with Gasteiger partial charge >= 0.3 is 0 Å². The lowest BCUT2D eigenvalue weighted by molar-refractivity contribution is 0.0964. The predicted octanol–water partition coefficient (Wildman–Crippen LogP) is 9.28. The predicted molar refractivity (Wildman–Crippen MR) is 186 cm³/mol. The number of halogens is 3. The van der Waals surface area contributed by atoms with E-state index in [1.54, 1.807) is 35.6 Å². The van der Waals surface area contributed by atoms with Crippen molar-refractivity contribution in [2.45, 2.75) is 13.3 Å². The number of hydrogen-bond acceptors (Lipinski definition) is 6. The van der Waals surface area contributed by atoms with Gasteiger partial charge in [0.2, 0.25) is 0 Å². The van der Waals surface area contributed by atoms with E-state index in [2.05, 4.69) is 5.32 Å². The van der Waals surface area contributed by atoms with E-state index in [4.69, 9.17) is 38.6 Å². The Morgan fingerprint density at radius 1 is 1.00 bits per heavy atom. The van der Waals surface area contributed by atoms with Crippen molar-refractivity contribution in [1.82, 2.24) is 14.9 Å². The minimum Gasteiger partial charge on any atom is -0.470 e. The van der Waals surface area contributed by atoms with Crippen LogP contribution in [-0.2, 0) is 13.3 Å². The molecule has 0 saturated heterocycles. The summed E-state index contributed by atoms with van der Waals surface area (Å²) in [5.74, 6) is -0.235. The molecule has 8 rings (SSSR count). The van der Waals surface area contributed by atoms with Gasteiger partial charge in [-0.1, -0.05) is 42.6 Å². The summed E-state index contributed by atoms with van der Waals surface area (Å²) < 4.78 is 44.7. The third-order valence-electron chi connectivity index (χ3n) is 8.51. The lowest BCUT2D eigenvalue weighted by atomic mass is 10.00. The molecule has 0 bridgehead atoms. The molecule has 0 atom stereocenters. The summed E-state index contributed by atoms with van der Waals surface area (Å²) in [6.45, 7) is 0.615. The van der Waals surface area contributed by atoms with Crippen molar-refractivity contribution in [2.24, 2.45) is 0 Å². The first-order chi connectivity index (χ1) is 23.3. The van der Waals surface area contributed by atoms with Gasteiger partial charge in [0.15, 0.2) is 6.73 Å². The number of rotatable bonds is 6. The molecule has 0 fully saturated rings. The standard InChI is InChI=1S/C37H25ClF2N4O3S/c1-41-37(45)34-26-15-25(28-13-14-32-35(42-28)31-16-24-27(40)3-2-4-29(24)43(31)19-46-32)30(44(48)18-20-5-9-22(38)10-6-20)17-33(26)47-36(34)21-7-11-23(39)12-8-21/h2-17,48H,18-19H2,1H3,(H,41,45). The van der Waals surface area contributed by atoms with Crippen LogP contribution in [0.3, 0.4) is 0 Å². The number of thiol groups is 1. The van der Waals surface area contributed by atoms with E-state index in [1.807, 2.05) is 59.2 Å². The maximum Gasteiger partial charge on any atom is 0.255 e. The Kier molecular flexibility index (Phi) is 7.34. The Morgan fingerprint density at radius 2 is 1.79 bits per heavy atom. The molecule has 1 aliphatic heterocycles. The second-order valence-corrected chi connectivity index (χ2v) is 12.3. The maximum atomic E-state index is 14.8. The Balaban J connectivity index is 1.34. The summed E-state index contributed by atoms with van der Waals surface area (Å²) >= 11 is 11.0. The van der Waals surface area contributed by atoms with Gasteiger partial charge in [0.1, 0.15) is 34.4 Å². The van der Waals surface area contributed by atoms with Crippen molar-refractivity contribution in [2.75, 3.05) is 11.4 Å². The van der Waals surface area contributed by atoms with Crippen LogP contribution in [0.25, 0.3) is 55.8 Å². The molecule has 4 aromatic carbocycles. The Labute approximate surface area is 283 Å². The van der Waals surface area contributed by atoms with Crippen LogP contribution in [-0.4, -0.2) is 22.5 Å². The van der Waals surface area contributed by atoms with E-state index in [-0.39, 0.29) is 18.5 Å². The maximum absolute atomic E-state index is 14.8. The normalized spacial score (nSPS) is 12.1. The van der Waals surface area contributed by atoms with Crippen molar-refractivity contribution in [3.63, 3.8) is 0 Å². The van der Waals surface area contributed by atoms with Crippen molar-refractivity contribution in [3.05, 3.63) is 125 Å². The number of aromatic nitrogens is 2. The largest absolute Gasteiger partial charge is 0.470 e. The smallest absolute Gasteiger partial charge is 0.255 e. The highest BCUT2D eigenvalue weighted by Gasteiger charge is 2.27. The van der Waals surface area contributed by atoms with Crippen LogP contribution in [0.15, 0.2) is 101 Å². The molecule has 0 aliphatic carbocycles. The minimum atomic E-state index is -0.405. The molecule has 11 heteroatoms. The summed E-state index contributed by atoms with van der Waals surface area (Å²) in [6, 6.07) is 27.3. The third kappa shape index (κ3) is 5.04. The van der Waals surface area contributed by atoms with Gasteiger partial charge in [-0.3, -0.25) is 4.79 Å². The van der Waals surface area contributed by atoms with Crippen LogP contribution in [0.5, 0.6) is 5.75 Å². The summed E-state index contributed by atoms with van der Waals surface area (Å²) in [7, 11) is 1.54. The number of nitrogens with one attached hydrogen (secondary N) is 1. The number of nitrogens with zero attached hydrogens (tertiary/aromatic N) is 3. The van der Waals surface area contributed by atoms with E-state index >= 15 is 0 Å². The summed E-state index contributed by atoms with van der Waals surface area (Å²) in [6.07, 6.45) is 0. The number of carbonyl (C=O) groups is 1. The molecule has 1 aliphatic rings. The zero-order valence-electron chi connectivity index (χ0n) is 25.3. The Bertz CT molecular complexity index is 2390. The zero-order chi connectivity index (χ0) is 33.1. The first-order valence-corrected chi connectivity index (χ1v) is 15.8. The SMILES string of the molecule is CNC(=O)c1c(-c2ccc(F)cc2)oc2cc(N(S)Cc3ccc(Cl)cc3)c(-c3ccc4c(n3)-c3cc5c(F)cccc5n3CO4)cc12. The summed E-state index contributed by atoms with van der Waals surface area (Å²) in [5, 5.41) is 4.34. The molecular weight excluding hydrogens is 654 g/mol. The number of hydrogen-bond donors (Lipinski definition) is 2. The van der Waals surface area contributed by atoms with E-state index < -0.39 is 5.82 Å². The van der Waals surface area contributed by atoms with E-state index in [0.29, 0.717) is 78.7 Å². The molecule has 0 saturated carbocycles. The number of amides is 1. The Hall–Kier alpha value is -5.32. The van der Waals surface area contributed by atoms with E-state index in [0.717, 1.165) is 11.3 Å². The summed E-state index contributed by atoms with van der Waals surface area (Å²) in [4.78, 5) is 18.4. The number of ether oxygens (including phenoxy) is 1. The number of anilines is 1. The van der Waals surface area contributed by atoms with Crippen molar-refractivity contribution in [3.8, 4) is 39.7 Å². The monoisotopic (exact) mass is 678 g/mol. The number of pyridine rings is 1. The minimum absolute atomic E-state index is 0.218. The van der Waals surface area contributed by atoms with Gasteiger partial charge in [0, 0.05) is 40.0 Å². The Morgan fingerprint density at radius 3 is 2.56 bits per heavy atom. The molecule has 0 radical (unpaired) electrons. The molecule has 7 aromatic rings. The second kappa shape index (κ2) is 11.7. The van der Waals surface area contributed by atoms with Gasteiger partial charge < -0.3 is 23.3 Å². The lowest BCUT2D eigenvalue weighted by Crippen LogP contribution is -2.18. The average Bonchev–Trinajstić information content (AvgIpc) is 3.68. The van der Waals surface area contributed by atoms with E-state index in [1.165, 1.54) is 18.2 Å². The topological polar surface area (TPSA) is 72.5 Å².